The average molecular weight is 321 g/mol. The first-order valence-electron chi connectivity index (χ1n) is 6.29. The Hall–Kier alpha value is -2.48. The van der Waals surface area contributed by atoms with Crippen LogP contribution in [0.4, 0.5) is 5.95 Å². The molecule has 0 atom stereocenters. The second-order valence-corrected chi connectivity index (χ2v) is 6.53. The summed E-state index contributed by atoms with van der Waals surface area (Å²) in [6.07, 6.45) is 2.31. The van der Waals surface area contributed by atoms with E-state index in [0.717, 1.165) is 10.6 Å². The summed E-state index contributed by atoms with van der Waals surface area (Å²) in [4.78, 5) is 20.0. The first-order valence-corrected chi connectivity index (χ1v) is 8.14. The molecule has 0 saturated heterocycles. The Bertz CT molecular complexity index is 791. The van der Waals surface area contributed by atoms with Crippen molar-refractivity contribution < 1.29 is 17.9 Å². The Morgan fingerprint density at radius 2 is 1.86 bits per heavy atom. The number of hydrogen-bond acceptors (Lipinski definition) is 6. The fourth-order valence-corrected chi connectivity index (χ4v) is 2.13. The molecule has 116 valence electrons. The summed E-state index contributed by atoms with van der Waals surface area (Å²) in [6.45, 7) is 0. The third kappa shape index (κ3) is 3.22. The van der Waals surface area contributed by atoms with Gasteiger partial charge in [-0.1, -0.05) is 30.3 Å². The third-order valence-electron chi connectivity index (χ3n) is 3.01. The molecule has 0 aliphatic carbocycles. The van der Waals surface area contributed by atoms with Crippen molar-refractivity contribution in [2.24, 2.45) is 0 Å². The lowest BCUT2D eigenvalue weighted by molar-refractivity contribution is 0.0601. The molecule has 2 rings (SSSR count). The van der Waals surface area contributed by atoms with Gasteiger partial charge in [0.25, 0.3) is 0 Å². The molecule has 1 aromatic carbocycles. The predicted molar refractivity (Wildman–Crippen MR) is 82.1 cm³/mol. The van der Waals surface area contributed by atoms with Gasteiger partial charge in [0.15, 0.2) is 0 Å². The molecule has 2 aromatic rings. The van der Waals surface area contributed by atoms with Crippen molar-refractivity contribution in [2.45, 2.75) is 0 Å². The number of aromatic nitrogens is 2. The van der Waals surface area contributed by atoms with E-state index < -0.39 is 16.0 Å². The van der Waals surface area contributed by atoms with Gasteiger partial charge in [-0.05, 0) is 0 Å². The first-order chi connectivity index (χ1) is 10.3. The number of anilines is 1. The molecule has 0 bridgehead atoms. The maximum atomic E-state index is 11.9. The minimum atomic E-state index is -3.50. The fourth-order valence-electron chi connectivity index (χ4n) is 1.75. The normalized spacial score (nSPS) is 11.0. The van der Waals surface area contributed by atoms with Gasteiger partial charge in [0, 0.05) is 18.8 Å². The van der Waals surface area contributed by atoms with Gasteiger partial charge in [0.1, 0.15) is 5.56 Å². The van der Waals surface area contributed by atoms with Crippen LogP contribution in [0.2, 0.25) is 0 Å². The quantitative estimate of drug-likeness (QED) is 0.789. The summed E-state index contributed by atoms with van der Waals surface area (Å²) in [7, 11) is -0.899. The van der Waals surface area contributed by atoms with E-state index in [-0.39, 0.29) is 11.5 Å². The number of nitrogens with zero attached hydrogens (tertiary/aromatic N) is 3. The van der Waals surface area contributed by atoms with Crippen LogP contribution in [0.3, 0.4) is 0 Å². The van der Waals surface area contributed by atoms with Crippen molar-refractivity contribution in [3.63, 3.8) is 0 Å². The van der Waals surface area contributed by atoms with E-state index in [1.807, 2.05) is 6.07 Å². The van der Waals surface area contributed by atoms with E-state index in [2.05, 4.69) is 9.97 Å². The lowest BCUT2D eigenvalue weighted by Gasteiger charge is -2.16. The highest BCUT2D eigenvalue weighted by Crippen LogP contribution is 2.24. The number of carbonyl (C=O) groups is 1. The van der Waals surface area contributed by atoms with E-state index in [1.54, 1.807) is 24.3 Å². The van der Waals surface area contributed by atoms with Crippen LogP contribution in [0, 0.1) is 0 Å². The maximum absolute atomic E-state index is 11.9. The van der Waals surface area contributed by atoms with E-state index in [0.29, 0.717) is 11.3 Å². The standard InChI is InChI=1S/C14H15N3O4S/c1-17(22(3,19)20)14-15-9-11(13(18)21-2)12(16-14)10-7-5-4-6-8-10/h4-9H,1-3H3. The number of hydrogen-bond donors (Lipinski definition) is 0. The number of esters is 1. The van der Waals surface area contributed by atoms with Crippen LogP contribution in [0.25, 0.3) is 11.3 Å². The largest absolute Gasteiger partial charge is 0.465 e. The fraction of sp³-hybridized carbons (Fsp3) is 0.214. The Morgan fingerprint density at radius 3 is 2.41 bits per heavy atom. The minimum Gasteiger partial charge on any atom is -0.465 e. The zero-order valence-corrected chi connectivity index (χ0v) is 13.2. The Labute approximate surface area is 128 Å². The number of sulfonamides is 1. The monoisotopic (exact) mass is 321 g/mol. The minimum absolute atomic E-state index is 0.0194. The summed E-state index contributed by atoms with van der Waals surface area (Å²) < 4.78 is 28.9. The second-order valence-electron chi connectivity index (χ2n) is 4.52. The van der Waals surface area contributed by atoms with E-state index in [1.165, 1.54) is 20.4 Å². The Kier molecular flexibility index (Phi) is 4.41. The summed E-state index contributed by atoms with van der Waals surface area (Å²) >= 11 is 0. The van der Waals surface area contributed by atoms with Crippen molar-refractivity contribution in [3.8, 4) is 11.3 Å². The van der Waals surface area contributed by atoms with Gasteiger partial charge < -0.3 is 4.74 Å². The molecule has 1 aromatic heterocycles. The van der Waals surface area contributed by atoms with Gasteiger partial charge in [-0.3, -0.25) is 0 Å². The molecular weight excluding hydrogens is 306 g/mol. The second kappa shape index (κ2) is 6.10. The van der Waals surface area contributed by atoms with E-state index in [4.69, 9.17) is 4.74 Å². The van der Waals surface area contributed by atoms with Crippen LogP contribution in [0.15, 0.2) is 36.5 Å². The summed E-state index contributed by atoms with van der Waals surface area (Å²) in [6, 6.07) is 8.93. The van der Waals surface area contributed by atoms with E-state index in [9.17, 15) is 13.2 Å². The molecule has 0 fully saturated rings. The molecule has 7 nitrogen and oxygen atoms in total. The average Bonchev–Trinajstić information content (AvgIpc) is 2.52. The van der Waals surface area contributed by atoms with Gasteiger partial charge in [0.2, 0.25) is 16.0 Å². The highest BCUT2D eigenvalue weighted by molar-refractivity contribution is 7.92. The summed E-state index contributed by atoms with van der Waals surface area (Å²) in [5.74, 6) is -0.610. The maximum Gasteiger partial charge on any atom is 0.341 e. The molecule has 0 spiro atoms. The number of carbonyl (C=O) groups excluding carboxylic acids is 1. The van der Waals surface area contributed by atoms with Crippen LogP contribution >= 0.6 is 0 Å². The zero-order valence-electron chi connectivity index (χ0n) is 12.3. The molecule has 0 radical (unpaired) electrons. The Morgan fingerprint density at radius 1 is 1.23 bits per heavy atom. The van der Waals surface area contributed by atoms with Gasteiger partial charge >= 0.3 is 5.97 Å². The molecule has 0 N–H and O–H groups in total. The van der Waals surface area contributed by atoms with Crippen molar-refractivity contribution in [3.05, 3.63) is 42.1 Å². The summed E-state index contributed by atoms with van der Waals surface area (Å²) in [5.41, 5.74) is 1.14. The molecule has 1 heterocycles. The lowest BCUT2D eigenvalue weighted by atomic mass is 10.1. The molecule has 8 heteroatoms. The van der Waals surface area contributed by atoms with Gasteiger partial charge in [-0.25, -0.2) is 27.5 Å². The van der Waals surface area contributed by atoms with Gasteiger partial charge in [0.05, 0.1) is 19.1 Å². The van der Waals surface area contributed by atoms with Crippen molar-refractivity contribution >= 4 is 21.9 Å². The SMILES string of the molecule is COC(=O)c1cnc(N(C)S(C)(=O)=O)nc1-c1ccccc1. The van der Waals surface area contributed by atoms with Crippen LogP contribution < -0.4 is 4.31 Å². The van der Waals surface area contributed by atoms with Crippen LogP contribution in [-0.2, 0) is 14.8 Å². The zero-order chi connectivity index (χ0) is 16.3. The molecule has 0 saturated carbocycles. The highest BCUT2D eigenvalue weighted by atomic mass is 32.2. The highest BCUT2D eigenvalue weighted by Gasteiger charge is 2.21. The predicted octanol–water partition coefficient (Wildman–Crippen LogP) is 1.33. The van der Waals surface area contributed by atoms with Crippen LogP contribution in [0.5, 0.6) is 0 Å². The summed E-state index contributed by atoms with van der Waals surface area (Å²) in [5, 5.41) is 0. The Balaban J connectivity index is 2.63. The van der Waals surface area contributed by atoms with Crippen molar-refractivity contribution in [1.82, 2.24) is 9.97 Å². The molecular formula is C14H15N3O4S. The molecule has 0 amide bonds. The topological polar surface area (TPSA) is 89.5 Å². The lowest BCUT2D eigenvalue weighted by Crippen LogP contribution is -2.27. The van der Waals surface area contributed by atoms with Crippen molar-refractivity contribution in [1.29, 1.82) is 0 Å². The number of ether oxygens (including phenoxy) is 1. The number of methoxy groups -OCH3 is 1. The number of benzene rings is 1. The van der Waals surface area contributed by atoms with Crippen LogP contribution in [-0.4, -0.2) is 44.8 Å². The van der Waals surface area contributed by atoms with Gasteiger partial charge in [-0.15, -0.1) is 0 Å². The molecule has 0 aliphatic heterocycles. The van der Waals surface area contributed by atoms with Gasteiger partial charge in [-0.2, -0.15) is 0 Å². The first kappa shape index (κ1) is 15.9. The molecule has 22 heavy (non-hydrogen) atoms. The van der Waals surface area contributed by atoms with Crippen LogP contribution in [0.1, 0.15) is 10.4 Å². The third-order valence-corrected chi connectivity index (χ3v) is 4.17. The smallest absolute Gasteiger partial charge is 0.341 e. The molecule has 0 unspecified atom stereocenters. The molecule has 0 aliphatic rings. The number of rotatable bonds is 4. The van der Waals surface area contributed by atoms with Crippen molar-refractivity contribution in [2.75, 3.05) is 24.7 Å². The van der Waals surface area contributed by atoms with E-state index >= 15 is 0 Å².